The van der Waals surface area contributed by atoms with Crippen LogP contribution in [0.1, 0.15) is 44.6 Å². The number of oxime groups is 1. The number of hydrogen-bond acceptors (Lipinski definition) is 8. The Morgan fingerprint density at radius 3 is 2.69 bits per heavy atom. The molecule has 1 amide bonds. The van der Waals surface area contributed by atoms with E-state index in [4.69, 9.17) is 14.4 Å². The summed E-state index contributed by atoms with van der Waals surface area (Å²) in [4.78, 5) is 23.4. The van der Waals surface area contributed by atoms with E-state index in [1.165, 1.54) is 19.1 Å². The highest BCUT2D eigenvalue weighted by Crippen LogP contribution is 2.30. The molecule has 1 fully saturated rings. The summed E-state index contributed by atoms with van der Waals surface area (Å²) in [7, 11) is -3.79. The third-order valence-corrected chi connectivity index (χ3v) is 7.26. The van der Waals surface area contributed by atoms with Crippen LogP contribution in [0.2, 0.25) is 0 Å². The number of rotatable bonds is 7. The second-order valence-electron chi connectivity index (χ2n) is 7.57. The van der Waals surface area contributed by atoms with E-state index in [9.17, 15) is 18.3 Å². The molecule has 3 rings (SSSR count). The van der Waals surface area contributed by atoms with E-state index in [0.717, 1.165) is 24.7 Å². The Bertz CT molecular complexity index is 863. The topological polar surface area (TPSA) is 124 Å². The van der Waals surface area contributed by atoms with Crippen molar-refractivity contribution in [2.75, 3.05) is 12.9 Å². The summed E-state index contributed by atoms with van der Waals surface area (Å²) in [6.45, 7) is 1.89. The van der Waals surface area contributed by atoms with Crippen molar-refractivity contribution in [3.8, 4) is 5.75 Å². The number of carbonyl (C=O) groups is 1. The first kappa shape index (κ1) is 21.5. The van der Waals surface area contributed by atoms with Crippen LogP contribution in [0.5, 0.6) is 5.75 Å². The maximum absolute atomic E-state index is 12.7. The van der Waals surface area contributed by atoms with Gasteiger partial charge in [-0.05, 0) is 49.6 Å². The van der Waals surface area contributed by atoms with Crippen molar-refractivity contribution in [1.29, 1.82) is 0 Å². The maximum atomic E-state index is 12.7. The first-order valence-electron chi connectivity index (χ1n) is 9.48. The monoisotopic (exact) mass is 426 g/mol. The molecule has 10 heteroatoms. The molecule has 2 aliphatic heterocycles. The summed E-state index contributed by atoms with van der Waals surface area (Å²) in [6, 6.07) is 6.45. The zero-order chi connectivity index (χ0) is 21.1. The summed E-state index contributed by atoms with van der Waals surface area (Å²) in [5, 5.41) is 13.4. The molecule has 0 saturated carbocycles. The van der Waals surface area contributed by atoms with Crippen LogP contribution in [-0.2, 0) is 29.0 Å². The minimum Gasteiger partial charge on any atom is -0.508 e. The van der Waals surface area contributed by atoms with Crippen molar-refractivity contribution in [1.82, 2.24) is 5.48 Å². The Morgan fingerprint density at radius 2 is 2.07 bits per heavy atom. The lowest BCUT2D eigenvalue weighted by atomic mass is 9.96. The predicted octanol–water partition coefficient (Wildman–Crippen LogP) is 1.65. The van der Waals surface area contributed by atoms with Gasteiger partial charge in [-0.3, -0.25) is 4.79 Å². The second-order valence-corrected chi connectivity index (χ2v) is 10.0. The van der Waals surface area contributed by atoms with Gasteiger partial charge in [0.1, 0.15) is 11.9 Å². The van der Waals surface area contributed by atoms with Crippen LogP contribution in [0.4, 0.5) is 0 Å². The summed E-state index contributed by atoms with van der Waals surface area (Å²) in [5.41, 5.74) is 3.64. The summed E-state index contributed by atoms with van der Waals surface area (Å²) in [5.74, 6) is -0.635. The first-order valence-corrected chi connectivity index (χ1v) is 11.4. The molecule has 3 atom stereocenters. The molecular formula is C19H26N2O7S. The van der Waals surface area contributed by atoms with Crippen molar-refractivity contribution in [3.05, 3.63) is 29.8 Å². The summed E-state index contributed by atoms with van der Waals surface area (Å²) >= 11 is 0. The zero-order valence-corrected chi connectivity index (χ0v) is 17.3. The molecular weight excluding hydrogens is 400 g/mol. The number of benzene rings is 1. The number of carbonyl (C=O) groups excluding carboxylic acids is 1. The fourth-order valence-corrected chi connectivity index (χ4v) is 4.11. The van der Waals surface area contributed by atoms with E-state index in [2.05, 4.69) is 10.6 Å². The molecule has 29 heavy (non-hydrogen) atoms. The Hall–Kier alpha value is -2.17. The van der Waals surface area contributed by atoms with Gasteiger partial charge in [-0.1, -0.05) is 5.16 Å². The molecule has 9 nitrogen and oxygen atoms in total. The van der Waals surface area contributed by atoms with Gasteiger partial charge in [-0.15, -0.1) is 0 Å². The van der Waals surface area contributed by atoms with Crippen LogP contribution in [0.3, 0.4) is 0 Å². The number of hydrogen-bond donors (Lipinski definition) is 2. The first-order chi connectivity index (χ1) is 13.7. The van der Waals surface area contributed by atoms with Gasteiger partial charge in [0.15, 0.2) is 20.9 Å². The van der Waals surface area contributed by atoms with Crippen LogP contribution in [0, 0.1) is 0 Å². The normalized spacial score (nSPS) is 24.3. The second kappa shape index (κ2) is 8.68. The molecule has 0 spiro atoms. The van der Waals surface area contributed by atoms with Crippen LogP contribution in [-0.4, -0.2) is 55.1 Å². The average molecular weight is 426 g/mol. The third-order valence-electron chi connectivity index (χ3n) is 5.27. The number of nitrogens with one attached hydrogen (secondary N) is 1. The van der Waals surface area contributed by atoms with Crippen molar-refractivity contribution in [3.63, 3.8) is 0 Å². The maximum Gasteiger partial charge on any atom is 0.264 e. The Kier molecular flexibility index (Phi) is 6.45. The molecule has 2 N–H and O–H groups in total. The average Bonchev–Trinajstić information content (AvgIpc) is 3.14. The minimum atomic E-state index is -3.79. The number of ether oxygens (including phenoxy) is 1. The number of nitrogens with zero attached hydrogens (tertiary/aromatic N) is 1. The number of phenols is 1. The van der Waals surface area contributed by atoms with Gasteiger partial charge in [0.05, 0.1) is 5.71 Å². The molecule has 3 unspecified atom stereocenters. The lowest BCUT2D eigenvalue weighted by Gasteiger charge is -2.29. The molecule has 1 aromatic carbocycles. The number of aromatic hydroxyl groups is 1. The van der Waals surface area contributed by atoms with Gasteiger partial charge in [0.2, 0.25) is 0 Å². The van der Waals surface area contributed by atoms with Gasteiger partial charge in [-0.25, -0.2) is 18.7 Å². The Balaban J connectivity index is 1.64. The molecule has 0 aliphatic carbocycles. The van der Waals surface area contributed by atoms with Crippen molar-refractivity contribution in [2.45, 2.75) is 56.2 Å². The highest BCUT2D eigenvalue weighted by Gasteiger charge is 2.47. The zero-order valence-electron chi connectivity index (χ0n) is 16.5. The highest BCUT2D eigenvalue weighted by atomic mass is 32.2. The van der Waals surface area contributed by atoms with E-state index in [0.29, 0.717) is 25.2 Å². The molecule has 0 bridgehead atoms. The van der Waals surface area contributed by atoms with Gasteiger partial charge in [-0.2, -0.15) is 0 Å². The molecule has 1 saturated heterocycles. The van der Waals surface area contributed by atoms with Crippen molar-refractivity contribution >= 4 is 21.5 Å². The predicted molar refractivity (Wildman–Crippen MR) is 105 cm³/mol. The lowest BCUT2D eigenvalue weighted by molar-refractivity contribution is -0.201. The van der Waals surface area contributed by atoms with Gasteiger partial charge in [0, 0.05) is 32.1 Å². The molecule has 160 valence electrons. The number of sulfone groups is 1. The van der Waals surface area contributed by atoms with E-state index in [1.807, 2.05) is 0 Å². The minimum absolute atomic E-state index is 0.0857. The molecule has 2 aliphatic rings. The smallest absolute Gasteiger partial charge is 0.264 e. The fraction of sp³-hybridized carbons (Fsp3) is 0.579. The number of hydroxylamine groups is 1. The van der Waals surface area contributed by atoms with E-state index >= 15 is 0 Å². The molecule has 0 aromatic heterocycles. The van der Waals surface area contributed by atoms with E-state index in [-0.39, 0.29) is 12.2 Å². The van der Waals surface area contributed by atoms with Gasteiger partial charge in [0.25, 0.3) is 5.91 Å². The van der Waals surface area contributed by atoms with E-state index in [1.54, 1.807) is 12.1 Å². The highest BCUT2D eigenvalue weighted by molar-refractivity contribution is 7.92. The molecule has 0 radical (unpaired) electrons. The Labute approximate surface area is 169 Å². The Morgan fingerprint density at radius 1 is 1.34 bits per heavy atom. The van der Waals surface area contributed by atoms with E-state index < -0.39 is 32.9 Å². The molecule has 2 heterocycles. The number of amides is 1. The van der Waals surface area contributed by atoms with Crippen molar-refractivity contribution in [2.24, 2.45) is 5.16 Å². The summed E-state index contributed by atoms with van der Waals surface area (Å²) in [6.07, 6.45) is 2.58. The SMILES string of the molecule is CC(CC1CC(c2ccc(O)cc2)=NO1)(C(=O)NOC1CCCCO1)S(C)(=O)=O. The van der Waals surface area contributed by atoms with Crippen LogP contribution in [0.15, 0.2) is 29.4 Å². The van der Waals surface area contributed by atoms with Crippen molar-refractivity contribution < 1.29 is 32.7 Å². The third kappa shape index (κ3) is 5.06. The van der Waals surface area contributed by atoms with Crippen LogP contribution in [0.25, 0.3) is 0 Å². The number of phenolic OH excluding ortho intramolecular Hbond substituents is 1. The van der Waals surface area contributed by atoms with Crippen LogP contribution < -0.4 is 5.48 Å². The fourth-order valence-electron chi connectivity index (χ4n) is 3.24. The van der Waals surface area contributed by atoms with Crippen LogP contribution >= 0.6 is 0 Å². The molecule has 1 aromatic rings. The lowest BCUT2D eigenvalue weighted by Crippen LogP contribution is -2.52. The quantitative estimate of drug-likeness (QED) is 0.636. The standard InChI is InChI=1S/C19H26N2O7S/c1-19(29(2,24)25,18(23)21-28-17-5-3-4-10-26-17)12-15-11-16(20-27-15)13-6-8-14(22)9-7-13/h6-9,15,17,22H,3-5,10-12H2,1-2H3,(H,21,23). The van der Waals surface area contributed by atoms with Gasteiger partial charge < -0.3 is 14.7 Å². The largest absolute Gasteiger partial charge is 0.508 e. The summed E-state index contributed by atoms with van der Waals surface area (Å²) < 4.78 is 28.5. The van der Waals surface area contributed by atoms with Gasteiger partial charge >= 0.3 is 0 Å².